The van der Waals surface area contributed by atoms with Gasteiger partial charge in [-0.15, -0.1) is 0 Å². The predicted molar refractivity (Wildman–Crippen MR) is 106 cm³/mol. The first kappa shape index (κ1) is 19.0. The number of imidazole rings is 1. The summed E-state index contributed by atoms with van der Waals surface area (Å²) in [6.07, 6.45) is 1.62. The molecular weight excluding hydrogens is 395 g/mol. The molecule has 1 heterocycles. The van der Waals surface area contributed by atoms with Crippen molar-refractivity contribution in [2.45, 2.75) is 26.2 Å². The summed E-state index contributed by atoms with van der Waals surface area (Å²) in [5, 5.41) is 1.48. The first-order valence-corrected chi connectivity index (χ1v) is 9.25. The van der Waals surface area contributed by atoms with E-state index in [0.717, 1.165) is 22.9 Å². The molecule has 3 aromatic rings. The molecule has 3 rings (SSSR count). The highest BCUT2D eigenvalue weighted by atomic mass is 35.5. The molecule has 0 spiro atoms. The summed E-state index contributed by atoms with van der Waals surface area (Å²) < 4.78 is 7.71. The van der Waals surface area contributed by atoms with Gasteiger partial charge in [0.05, 0.1) is 15.6 Å². The van der Waals surface area contributed by atoms with E-state index in [9.17, 15) is 4.79 Å². The molecule has 0 aliphatic carbocycles. The zero-order valence-electron chi connectivity index (χ0n) is 14.5. The van der Waals surface area contributed by atoms with Crippen molar-refractivity contribution in [2.24, 2.45) is 7.05 Å². The summed E-state index contributed by atoms with van der Waals surface area (Å²) in [4.78, 5) is 16.0. The van der Waals surface area contributed by atoms with Gasteiger partial charge in [0.25, 0.3) is 0 Å². The molecule has 0 saturated heterocycles. The summed E-state index contributed by atoms with van der Waals surface area (Å²) in [5.41, 5.74) is 2.96. The number of halogens is 3. The van der Waals surface area contributed by atoms with Gasteiger partial charge in [0.2, 0.25) is 0 Å². The number of aldehydes is 1. The highest BCUT2D eigenvalue weighted by molar-refractivity contribution is 6.37. The van der Waals surface area contributed by atoms with Crippen LogP contribution in [0.5, 0.6) is 11.8 Å². The van der Waals surface area contributed by atoms with Gasteiger partial charge in [-0.1, -0.05) is 47.8 Å². The number of hydrogen-bond acceptors (Lipinski definition) is 3. The SMILES string of the molecule is CC[C@H](C=O)c1ccc(Cl)c2nc(Oc3ccc(Cl)c(C)c3Cl)n(C)c12. The van der Waals surface area contributed by atoms with Gasteiger partial charge in [-0.3, -0.25) is 4.57 Å². The third-order valence-electron chi connectivity index (χ3n) is 4.45. The summed E-state index contributed by atoms with van der Waals surface area (Å²) in [6, 6.07) is 7.36. The Kier molecular flexibility index (Phi) is 5.47. The van der Waals surface area contributed by atoms with Gasteiger partial charge < -0.3 is 9.53 Å². The van der Waals surface area contributed by atoms with E-state index in [0.29, 0.717) is 38.8 Å². The molecule has 0 bridgehead atoms. The van der Waals surface area contributed by atoms with Crippen molar-refractivity contribution in [3.8, 4) is 11.8 Å². The highest BCUT2D eigenvalue weighted by Crippen LogP contribution is 2.38. The summed E-state index contributed by atoms with van der Waals surface area (Å²) >= 11 is 18.7. The second-order valence-electron chi connectivity index (χ2n) is 6.02. The Hall–Kier alpha value is -1.75. The van der Waals surface area contributed by atoms with Crippen LogP contribution in [0.1, 0.15) is 30.4 Å². The van der Waals surface area contributed by atoms with Crippen LogP contribution in [0.15, 0.2) is 24.3 Å². The van der Waals surface area contributed by atoms with E-state index in [4.69, 9.17) is 39.5 Å². The van der Waals surface area contributed by atoms with Crippen LogP contribution in [-0.4, -0.2) is 15.8 Å². The first-order chi connectivity index (χ1) is 12.4. The normalized spacial score (nSPS) is 12.4. The molecule has 0 amide bonds. The van der Waals surface area contributed by atoms with E-state index < -0.39 is 0 Å². The Morgan fingerprint density at radius 1 is 1.19 bits per heavy atom. The number of nitrogens with zero attached hydrogens (tertiary/aromatic N) is 2. The van der Waals surface area contributed by atoms with Crippen molar-refractivity contribution in [1.82, 2.24) is 9.55 Å². The van der Waals surface area contributed by atoms with Crippen LogP contribution >= 0.6 is 34.8 Å². The summed E-state index contributed by atoms with van der Waals surface area (Å²) in [7, 11) is 1.82. The quantitative estimate of drug-likeness (QED) is 0.461. The minimum atomic E-state index is -0.237. The lowest BCUT2D eigenvalue weighted by atomic mass is 9.96. The van der Waals surface area contributed by atoms with Gasteiger partial charge in [0, 0.05) is 18.0 Å². The number of benzene rings is 2. The fourth-order valence-corrected chi connectivity index (χ4v) is 3.49. The van der Waals surface area contributed by atoms with Crippen LogP contribution in [0.25, 0.3) is 11.0 Å². The lowest BCUT2D eigenvalue weighted by Crippen LogP contribution is -2.03. The van der Waals surface area contributed by atoms with Crippen LogP contribution in [0.2, 0.25) is 15.1 Å². The second-order valence-corrected chi connectivity index (χ2v) is 7.22. The maximum Gasteiger partial charge on any atom is 0.302 e. The van der Waals surface area contributed by atoms with Gasteiger partial charge in [0.1, 0.15) is 17.6 Å². The topological polar surface area (TPSA) is 44.1 Å². The number of ether oxygens (including phenoxy) is 1. The first-order valence-electron chi connectivity index (χ1n) is 8.11. The van der Waals surface area contributed by atoms with Crippen LogP contribution in [-0.2, 0) is 11.8 Å². The van der Waals surface area contributed by atoms with Crippen LogP contribution < -0.4 is 4.74 Å². The number of aromatic nitrogens is 2. The van der Waals surface area contributed by atoms with Crippen molar-refractivity contribution in [1.29, 1.82) is 0 Å². The lowest BCUT2D eigenvalue weighted by Gasteiger charge is -2.12. The number of hydrogen-bond donors (Lipinski definition) is 0. The smallest absolute Gasteiger partial charge is 0.302 e. The van der Waals surface area contributed by atoms with E-state index in [1.807, 2.05) is 27.0 Å². The highest BCUT2D eigenvalue weighted by Gasteiger charge is 2.21. The van der Waals surface area contributed by atoms with Crippen molar-refractivity contribution in [2.75, 3.05) is 0 Å². The average molecular weight is 412 g/mol. The van der Waals surface area contributed by atoms with Crippen molar-refractivity contribution >= 4 is 52.1 Å². The number of carbonyl (C=O) groups is 1. The molecule has 0 saturated carbocycles. The van der Waals surface area contributed by atoms with E-state index in [1.165, 1.54) is 0 Å². The van der Waals surface area contributed by atoms with Crippen molar-refractivity contribution < 1.29 is 9.53 Å². The standard InChI is InChI=1S/C19H17Cl3N2O2/c1-4-11(9-25)12-5-6-14(21)17-18(12)24(3)19(23-17)26-15-8-7-13(20)10(2)16(15)22/h5-9,11H,4H2,1-3H3/t11-/m1/s1. The Morgan fingerprint density at radius 2 is 1.88 bits per heavy atom. The second kappa shape index (κ2) is 7.47. The van der Waals surface area contributed by atoms with Crippen molar-refractivity contribution in [3.63, 3.8) is 0 Å². The zero-order valence-corrected chi connectivity index (χ0v) is 16.8. The Morgan fingerprint density at radius 3 is 2.54 bits per heavy atom. The molecule has 7 heteroatoms. The summed E-state index contributed by atoms with van der Waals surface area (Å²) in [5.74, 6) is 0.214. The molecule has 0 aliphatic rings. The number of aryl methyl sites for hydroxylation is 1. The molecule has 1 aromatic heterocycles. The van der Waals surface area contributed by atoms with E-state index in [2.05, 4.69) is 4.98 Å². The lowest BCUT2D eigenvalue weighted by molar-refractivity contribution is -0.109. The third-order valence-corrected chi connectivity index (χ3v) is 5.64. The number of fused-ring (bicyclic) bond motifs is 1. The Bertz CT molecular complexity index is 998. The molecule has 4 nitrogen and oxygen atoms in total. The molecule has 136 valence electrons. The minimum absolute atomic E-state index is 0.237. The summed E-state index contributed by atoms with van der Waals surface area (Å²) in [6.45, 7) is 3.78. The molecule has 0 aliphatic heterocycles. The number of carbonyl (C=O) groups excluding carboxylic acids is 1. The molecule has 0 N–H and O–H groups in total. The maximum atomic E-state index is 11.5. The van der Waals surface area contributed by atoms with Gasteiger partial charge in [0.15, 0.2) is 0 Å². The molecular formula is C19H17Cl3N2O2. The Balaban J connectivity index is 2.16. The maximum absolute atomic E-state index is 11.5. The van der Waals surface area contributed by atoms with E-state index >= 15 is 0 Å². The largest absolute Gasteiger partial charge is 0.424 e. The average Bonchev–Trinajstić information content (AvgIpc) is 2.96. The monoisotopic (exact) mass is 410 g/mol. The van der Waals surface area contributed by atoms with Crippen LogP contribution in [0.3, 0.4) is 0 Å². The molecule has 26 heavy (non-hydrogen) atoms. The Labute approximate surface area is 166 Å². The van der Waals surface area contributed by atoms with Crippen LogP contribution in [0, 0.1) is 6.92 Å². The van der Waals surface area contributed by atoms with Crippen molar-refractivity contribution in [3.05, 3.63) is 50.5 Å². The van der Waals surface area contributed by atoms with Gasteiger partial charge in [-0.2, -0.15) is 4.98 Å². The van der Waals surface area contributed by atoms with Gasteiger partial charge in [-0.05, 0) is 42.7 Å². The fraction of sp³-hybridized carbons (Fsp3) is 0.263. The predicted octanol–water partition coefficient (Wildman–Crippen LogP) is 6.33. The minimum Gasteiger partial charge on any atom is -0.424 e. The van der Waals surface area contributed by atoms with Gasteiger partial charge in [-0.25, -0.2) is 0 Å². The molecule has 2 aromatic carbocycles. The molecule has 0 radical (unpaired) electrons. The van der Waals surface area contributed by atoms with E-state index in [1.54, 1.807) is 22.8 Å². The molecule has 1 atom stereocenters. The third kappa shape index (κ3) is 3.18. The van der Waals surface area contributed by atoms with Gasteiger partial charge >= 0.3 is 6.01 Å². The number of rotatable bonds is 5. The molecule has 0 unspecified atom stereocenters. The van der Waals surface area contributed by atoms with Crippen LogP contribution in [0.4, 0.5) is 0 Å². The zero-order chi connectivity index (χ0) is 19.0. The molecule has 0 fully saturated rings. The van der Waals surface area contributed by atoms with E-state index in [-0.39, 0.29) is 5.92 Å². The fourth-order valence-electron chi connectivity index (χ4n) is 2.89.